The maximum absolute atomic E-state index is 10.3. The van der Waals surface area contributed by atoms with Gasteiger partial charge >= 0.3 is 0 Å². The second kappa shape index (κ2) is 4.04. The van der Waals surface area contributed by atoms with E-state index in [1.165, 1.54) is 24.0 Å². The predicted molar refractivity (Wildman–Crippen MR) is 73.7 cm³/mol. The Labute approximate surface area is 111 Å². The Kier molecular flexibility index (Phi) is 2.45. The summed E-state index contributed by atoms with van der Waals surface area (Å²) in [6, 6.07) is 8.22. The van der Waals surface area contributed by atoms with Crippen LogP contribution < -0.4 is 0 Å². The second-order valence-electron chi connectivity index (χ2n) is 5.83. The van der Waals surface area contributed by atoms with Gasteiger partial charge in [-0.05, 0) is 49.1 Å². The van der Waals surface area contributed by atoms with Crippen LogP contribution in [0.1, 0.15) is 24.3 Å². The molecule has 4 rings (SSSR count). The van der Waals surface area contributed by atoms with Crippen LogP contribution in [-0.4, -0.2) is 16.2 Å². The number of aromatic nitrogens is 1. The van der Waals surface area contributed by atoms with Crippen molar-refractivity contribution in [1.29, 1.82) is 0 Å². The van der Waals surface area contributed by atoms with Gasteiger partial charge in [0.2, 0.25) is 0 Å². The number of thiazole rings is 1. The zero-order valence-corrected chi connectivity index (χ0v) is 11.1. The summed E-state index contributed by atoms with van der Waals surface area (Å²) in [4.78, 5) is 4.61. The van der Waals surface area contributed by atoms with Crippen molar-refractivity contribution in [3.63, 3.8) is 0 Å². The Bertz CT molecular complexity index is 536. The number of benzene rings is 1. The van der Waals surface area contributed by atoms with Crippen molar-refractivity contribution in [2.24, 2.45) is 17.8 Å². The molecule has 2 saturated carbocycles. The van der Waals surface area contributed by atoms with E-state index in [0.717, 1.165) is 28.8 Å². The van der Waals surface area contributed by atoms with Crippen LogP contribution in [0.15, 0.2) is 24.3 Å². The molecule has 2 fully saturated rings. The van der Waals surface area contributed by atoms with Gasteiger partial charge in [0.15, 0.2) is 0 Å². The topological polar surface area (TPSA) is 33.1 Å². The van der Waals surface area contributed by atoms with Gasteiger partial charge in [0.1, 0.15) is 0 Å². The Hall–Kier alpha value is -0.930. The lowest BCUT2D eigenvalue weighted by Gasteiger charge is -2.18. The minimum atomic E-state index is -0.182. The molecule has 1 N–H and O–H groups in total. The van der Waals surface area contributed by atoms with E-state index in [1.807, 2.05) is 18.2 Å². The largest absolute Gasteiger partial charge is 0.392 e. The molecule has 1 aromatic carbocycles. The molecule has 2 aliphatic rings. The highest BCUT2D eigenvalue weighted by Gasteiger charge is 2.47. The first-order valence-electron chi connectivity index (χ1n) is 6.82. The monoisotopic (exact) mass is 259 g/mol. The maximum Gasteiger partial charge on any atom is 0.0964 e. The van der Waals surface area contributed by atoms with Crippen LogP contribution in [0.2, 0.25) is 0 Å². The number of hydrogen-bond acceptors (Lipinski definition) is 3. The molecule has 3 unspecified atom stereocenters. The highest BCUT2D eigenvalue weighted by molar-refractivity contribution is 7.18. The van der Waals surface area contributed by atoms with E-state index in [0.29, 0.717) is 5.92 Å². The molecule has 2 aromatic rings. The third kappa shape index (κ3) is 1.86. The number of aliphatic hydroxyl groups excluding tert-OH is 1. The van der Waals surface area contributed by atoms with Gasteiger partial charge in [0.05, 0.1) is 21.3 Å². The van der Waals surface area contributed by atoms with Gasteiger partial charge in [-0.3, -0.25) is 0 Å². The molecule has 0 spiro atoms. The van der Waals surface area contributed by atoms with E-state index < -0.39 is 0 Å². The Balaban J connectivity index is 1.49. The van der Waals surface area contributed by atoms with Crippen molar-refractivity contribution in [2.75, 3.05) is 0 Å². The highest BCUT2D eigenvalue weighted by Crippen LogP contribution is 2.55. The van der Waals surface area contributed by atoms with Crippen molar-refractivity contribution >= 4 is 21.6 Å². The zero-order chi connectivity index (χ0) is 12.1. The Morgan fingerprint density at radius 1 is 1.22 bits per heavy atom. The molecular weight excluding hydrogens is 242 g/mol. The molecule has 0 amide bonds. The number of hydrogen-bond donors (Lipinski definition) is 1. The van der Waals surface area contributed by atoms with Crippen molar-refractivity contribution in [3.05, 3.63) is 29.3 Å². The first-order valence-corrected chi connectivity index (χ1v) is 7.64. The van der Waals surface area contributed by atoms with Crippen LogP contribution in [0.5, 0.6) is 0 Å². The van der Waals surface area contributed by atoms with Gasteiger partial charge in [-0.25, -0.2) is 4.98 Å². The zero-order valence-electron chi connectivity index (χ0n) is 10.2. The highest BCUT2D eigenvalue weighted by atomic mass is 32.1. The molecular formula is C15H17NOS. The van der Waals surface area contributed by atoms with Gasteiger partial charge < -0.3 is 5.11 Å². The second-order valence-corrected chi connectivity index (χ2v) is 6.95. The fourth-order valence-corrected chi connectivity index (χ4v) is 4.45. The summed E-state index contributed by atoms with van der Waals surface area (Å²) < 4.78 is 1.23. The Morgan fingerprint density at radius 2 is 2.00 bits per heavy atom. The molecule has 3 heteroatoms. The number of rotatable bonds is 3. The van der Waals surface area contributed by atoms with Crippen molar-refractivity contribution in [2.45, 2.75) is 31.8 Å². The summed E-state index contributed by atoms with van der Waals surface area (Å²) in [7, 11) is 0. The molecule has 2 aliphatic carbocycles. The number of aliphatic hydroxyl groups is 1. The fraction of sp³-hybridized carbons (Fsp3) is 0.533. The molecule has 0 aliphatic heterocycles. The quantitative estimate of drug-likeness (QED) is 0.918. The number of para-hydroxylation sites is 1. The fourth-order valence-electron chi connectivity index (χ4n) is 3.43. The summed E-state index contributed by atoms with van der Waals surface area (Å²) in [6.07, 6.45) is 4.47. The molecule has 0 bridgehead atoms. The van der Waals surface area contributed by atoms with Crippen molar-refractivity contribution < 1.29 is 5.11 Å². The van der Waals surface area contributed by atoms with E-state index in [4.69, 9.17) is 0 Å². The minimum absolute atomic E-state index is 0.182. The van der Waals surface area contributed by atoms with Crippen molar-refractivity contribution in [3.8, 4) is 0 Å². The third-order valence-corrected chi connectivity index (χ3v) is 5.60. The van der Waals surface area contributed by atoms with Gasteiger partial charge in [-0.2, -0.15) is 0 Å². The summed E-state index contributed by atoms with van der Waals surface area (Å²) in [5.74, 6) is 2.42. The maximum atomic E-state index is 10.3. The Morgan fingerprint density at radius 3 is 2.78 bits per heavy atom. The standard InChI is InChI=1S/C15H17NOS/c17-13(11-6-9-5-10(9)7-11)8-15-16-12-3-1-2-4-14(12)18-15/h1-4,9-11,13,17H,5-8H2. The van der Waals surface area contributed by atoms with Crippen LogP contribution in [0.25, 0.3) is 10.2 Å². The van der Waals surface area contributed by atoms with Crippen molar-refractivity contribution in [1.82, 2.24) is 4.98 Å². The first kappa shape index (κ1) is 10.9. The molecule has 18 heavy (non-hydrogen) atoms. The predicted octanol–water partition coefficient (Wildman–Crippen LogP) is 3.25. The number of fused-ring (bicyclic) bond motifs is 2. The average Bonchev–Trinajstić information content (AvgIpc) is 2.83. The van der Waals surface area contributed by atoms with E-state index in [-0.39, 0.29) is 6.10 Å². The third-order valence-electron chi connectivity index (χ3n) is 4.55. The SMILES string of the molecule is OC(Cc1nc2ccccc2s1)C1CC2CC2C1. The van der Waals surface area contributed by atoms with Gasteiger partial charge in [0, 0.05) is 6.42 Å². The first-order chi connectivity index (χ1) is 8.79. The van der Waals surface area contributed by atoms with Gasteiger partial charge in [-0.15, -0.1) is 11.3 Å². The summed E-state index contributed by atoms with van der Waals surface area (Å²) >= 11 is 1.73. The van der Waals surface area contributed by atoms with E-state index in [2.05, 4.69) is 11.1 Å². The van der Waals surface area contributed by atoms with E-state index in [1.54, 1.807) is 11.3 Å². The molecule has 3 atom stereocenters. The summed E-state index contributed by atoms with van der Waals surface area (Å²) in [5.41, 5.74) is 1.07. The molecule has 2 nitrogen and oxygen atoms in total. The van der Waals surface area contributed by atoms with E-state index in [9.17, 15) is 5.11 Å². The lowest BCUT2D eigenvalue weighted by atomic mass is 9.95. The molecule has 0 saturated heterocycles. The molecule has 1 aromatic heterocycles. The lowest BCUT2D eigenvalue weighted by Crippen LogP contribution is -2.21. The van der Waals surface area contributed by atoms with Gasteiger partial charge in [0.25, 0.3) is 0 Å². The van der Waals surface area contributed by atoms with Gasteiger partial charge in [-0.1, -0.05) is 12.1 Å². The molecule has 1 heterocycles. The normalized spacial score (nSPS) is 31.5. The number of nitrogens with zero attached hydrogens (tertiary/aromatic N) is 1. The summed E-state index contributed by atoms with van der Waals surface area (Å²) in [6.45, 7) is 0. The van der Waals surface area contributed by atoms with Crippen LogP contribution >= 0.6 is 11.3 Å². The van der Waals surface area contributed by atoms with Crippen LogP contribution in [-0.2, 0) is 6.42 Å². The molecule has 0 radical (unpaired) electrons. The minimum Gasteiger partial charge on any atom is -0.392 e. The van der Waals surface area contributed by atoms with E-state index >= 15 is 0 Å². The van der Waals surface area contributed by atoms with Crippen LogP contribution in [0.3, 0.4) is 0 Å². The average molecular weight is 259 g/mol. The molecule has 94 valence electrons. The smallest absolute Gasteiger partial charge is 0.0964 e. The van der Waals surface area contributed by atoms with Crippen LogP contribution in [0.4, 0.5) is 0 Å². The van der Waals surface area contributed by atoms with Crippen LogP contribution in [0, 0.1) is 17.8 Å². The lowest BCUT2D eigenvalue weighted by molar-refractivity contribution is 0.104. The summed E-state index contributed by atoms with van der Waals surface area (Å²) in [5, 5.41) is 11.4.